The average Bonchev–Trinajstić information content (AvgIpc) is 2.79. The van der Waals surface area contributed by atoms with Gasteiger partial charge in [0.25, 0.3) is 5.91 Å². The predicted octanol–water partition coefficient (Wildman–Crippen LogP) is 6.63. The number of rotatable bonds is 7. The Morgan fingerprint density at radius 2 is 1.77 bits per heavy atom. The second kappa shape index (κ2) is 10.2. The number of hydrogen-bond acceptors (Lipinski definition) is 4. The average molecular weight is 473 g/mol. The summed E-state index contributed by atoms with van der Waals surface area (Å²) in [4.78, 5) is 32.3. The SMILES string of the molecule is CCCCOc1ccccc1[C@H]1C(C(=O)Nc2ccccc2C)=C(C)N=C2CC(C)(C)CC(=O)C21. The summed E-state index contributed by atoms with van der Waals surface area (Å²) >= 11 is 0. The first-order valence-electron chi connectivity index (χ1n) is 12.6. The van der Waals surface area contributed by atoms with Gasteiger partial charge in [-0.1, -0.05) is 63.6 Å². The molecule has 4 rings (SSSR count). The van der Waals surface area contributed by atoms with E-state index in [4.69, 9.17) is 9.73 Å². The number of ether oxygens (including phenoxy) is 1. The highest BCUT2D eigenvalue weighted by Gasteiger charge is 2.48. The van der Waals surface area contributed by atoms with Crippen molar-refractivity contribution in [3.8, 4) is 5.75 Å². The normalized spacial score (nSPS) is 21.3. The molecule has 1 heterocycles. The molecule has 2 aromatic carbocycles. The number of amides is 1. The number of unbranched alkanes of at least 4 members (excludes halogenated alkanes) is 1. The van der Waals surface area contributed by atoms with Crippen molar-refractivity contribution >= 4 is 23.1 Å². The van der Waals surface area contributed by atoms with Gasteiger partial charge in [0.2, 0.25) is 0 Å². The third-order valence-electron chi connectivity index (χ3n) is 7.01. The molecule has 0 saturated heterocycles. The second-order valence-corrected chi connectivity index (χ2v) is 10.6. The van der Waals surface area contributed by atoms with Gasteiger partial charge in [0.15, 0.2) is 0 Å². The van der Waals surface area contributed by atoms with Crippen LogP contribution in [0.5, 0.6) is 5.75 Å². The molecule has 35 heavy (non-hydrogen) atoms. The van der Waals surface area contributed by atoms with Crippen LogP contribution >= 0.6 is 0 Å². The van der Waals surface area contributed by atoms with Crippen LogP contribution in [0.3, 0.4) is 0 Å². The molecule has 5 heteroatoms. The van der Waals surface area contributed by atoms with E-state index in [1.807, 2.05) is 62.4 Å². The first-order valence-corrected chi connectivity index (χ1v) is 12.6. The van der Waals surface area contributed by atoms with E-state index in [1.54, 1.807) is 0 Å². The fraction of sp³-hybridized carbons (Fsp3) is 0.433. The smallest absolute Gasteiger partial charge is 0.254 e. The summed E-state index contributed by atoms with van der Waals surface area (Å²) in [6, 6.07) is 15.6. The summed E-state index contributed by atoms with van der Waals surface area (Å²) in [5.41, 5.74) is 4.56. The summed E-state index contributed by atoms with van der Waals surface area (Å²) < 4.78 is 6.18. The number of Topliss-reactive ketones (excluding diaryl/α,β-unsaturated/α-hetero) is 1. The fourth-order valence-corrected chi connectivity index (χ4v) is 5.32. The lowest BCUT2D eigenvalue weighted by atomic mass is 9.63. The van der Waals surface area contributed by atoms with Crippen LogP contribution in [-0.4, -0.2) is 24.0 Å². The zero-order chi connectivity index (χ0) is 25.2. The molecule has 184 valence electrons. The summed E-state index contributed by atoms with van der Waals surface area (Å²) in [6.07, 6.45) is 3.18. The van der Waals surface area contributed by atoms with Gasteiger partial charge in [-0.3, -0.25) is 14.6 Å². The first kappa shape index (κ1) is 24.9. The van der Waals surface area contributed by atoms with E-state index in [-0.39, 0.29) is 17.1 Å². The van der Waals surface area contributed by atoms with E-state index in [1.165, 1.54) is 0 Å². The van der Waals surface area contributed by atoms with Crippen LogP contribution in [-0.2, 0) is 9.59 Å². The Labute approximate surface area is 208 Å². The van der Waals surface area contributed by atoms with Crippen LogP contribution in [0.2, 0.25) is 0 Å². The summed E-state index contributed by atoms with van der Waals surface area (Å²) in [5, 5.41) is 3.09. The molecule has 1 aliphatic heterocycles. The zero-order valence-corrected chi connectivity index (χ0v) is 21.5. The largest absolute Gasteiger partial charge is 0.493 e. The number of ketones is 1. The minimum Gasteiger partial charge on any atom is -0.493 e. The van der Waals surface area contributed by atoms with Gasteiger partial charge in [-0.25, -0.2) is 0 Å². The third kappa shape index (κ3) is 5.24. The Morgan fingerprint density at radius 3 is 2.51 bits per heavy atom. The molecular formula is C30H36N2O3. The second-order valence-electron chi connectivity index (χ2n) is 10.6. The number of carbonyl (C=O) groups excluding carboxylic acids is 2. The molecule has 1 aliphatic carbocycles. The van der Waals surface area contributed by atoms with Crippen molar-refractivity contribution in [1.82, 2.24) is 0 Å². The van der Waals surface area contributed by atoms with Crippen molar-refractivity contribution in [2.24, 2.45) is 16.3 Å². The van der Waals surface area contributed by atoms with Crippen LogP contribution in [0, 0.1) is 18.3 Å². The highest BCUT2D eigenvalue weighted by Crippen LogP contribution is 2.48. The van der Waals surface area contributed by atoms with E-state index in [0.29, 0.717) is 24.3 Å². The Bertz CT molecular complexity index is 1190. The Morgan fingerprint density at radius 1 is 1.06 bits per heavy atom. The number of aryl methyl sites for hydroxylation is 1. The van der Waals surface area contributed by atoms with Crippen LogP contribution in [0.25, 0.3) is 0 Å². The molecule has 2 aromatic rings. The van der Waals surface area contributed by atoms with Gasteiger partial charge in [-0.15, -0.1) is 0 Å². The zero-order valence-electron chi connectivity index (χ0n) is 21.5. The van der Waals surface area contributed by atoms with Crippen molar-refractivity contribution in [1.29, 1.82) is 0 Å². The van der Waals surface area contributed by atoms with Crippen LogP contribution < -0.4 is 10.1 Å². The molecule has 1 amide bonds. The van der Waals surface area contributed by atoms with Gasteiger partial charge < -0.3 is 10.1 Å². The quantitative estimate of drug-likeness (QED) is 0.460. The van der Waals surface area contributed by atoms with Crippen LogP contribution in [0.4, 0.5) is 5.69 Å². The maximum atomic E-state index is 13.8. The van der Waals surface area contributed by atoms with E-state index in [2.05, 4.69) is 26.1 Å². The number of benzene rings is 2. The topological polar surface area (TPSA) is 67.8 Å². The van der Waals surface area contributed by atoms with Crippen molar-refractivity contribution in [2.45, 2.75) is 66.2 Å². The lowest BCUT2D eigenvalue weighted by Gasteiger charge is -2.41. The Hall–Kier alpha value is -3.21. The van der Waals surface area contributed by atoms with Crippen LogP contribution in [0.1, 0.15) is 70.4 Å². The van der Waals surface area contributed by atoms with E-state index < -0.39 is 11.8 Å². The molecule has 0 aromatic heterocycles. The van der Waals surface area contributed by atoms with Crippen LogP contribution in [0.15, 0.2) is 64.8 Å². The van der Waals surface area contributed by atoms with Crippen molar-refractivity contribution < 1.29 is 14.3 Å². The maximum Gasteiger partial charge on any atom is 0.254 e. The molecule has 2 aliphatic rings. The number of hydrogen-bond donors (Lipinski definition) is 1. The van der Waals surface area contributed by atoms with E-state index in [0.717, 1.165) is 47.5 Å². The van der Waals surface area contributed by atoms with Gasteiger partial charge in [0.1, 0.15) is 11.5 Å². The van der Waals surface area contributed by atoms with Crippen molar-refractivity contribution in [3.63, 3.8) is 0 Å². The van der Waals surface area contributed by atoms with Crippen molar-refractivity contribution in [2.75, 3.05) is 11.9 Å². The summed E-state index contributed by atoms with van der Waals surface area (Å²) in [7, 11) is 0. The molecule has 0 radical (unpaired) electrons. The molecule has 2 atom stereocenters. The molecule has 1 unspecified atom stereocenters. The molecule has 0 bridgehead atoms. The molecular weight excluding hydrogens is 436 g/mol. The monoisotopic (exact) mass is 472 g/mol. The Kier molecular flexibility index (Phi) is 7.25. The number of nitrogens with one attached hydrogen (secondary N) is 1. The number of para-hydroxylation sites is 2. The van der Waals surface area contributed by atoms with E-state index >= 15 is 0 Å². The molecule has 1 N–H and O–H groups in total. The molecule has 0 spiro atoms. The number of aliphatic imine (C=N–C) groups is 1. The minimum atomic E-state index is -0.458. The third-order valence-corrected chi connectivity index (χ3v) is 7.01. The number of anilines is 1. The Balaban J connectivity index is 1.82. The number of allylic oxidation sites excluding steroid dienone is 1. The number of fused-ring (bicyclic) bond motifs is 1. The lowest BCUT2D eigenvalue weighted by Crippen LogP contribution is -2.44. The number of carbonyl (C=O) groups is 2. The molecule has 1 saturated carbocycles. The number of nitrogens with zero attached hydrogens (tertiary/aromatic N) is 1. The highest BCUT2D eigenvalue weighted by atomic mass is 16.5. The molecule has 1 fully saturated rings. The standard InChI is InChI=1S/C30H36N2O3/c1-6-7-16-35-25-15-11-9-13-21(25)27-26(29(34)32-22-14-10-8-12-19(22)2)20(3)31-23-17-30(4,5)18-24(33)28(23)27/h8-15,27-28H,6-7,16-18H2,1-5H3,(H,32,34)/t27-,28?/m0/s1. The van der Waals surface area contributed by atoms with Gasteiger partial charge >= 0.3 is 0 Å². The van der Waals surface area contributed by atoms with Gasteiger partial charge in [-0.05, 0) is 49.8 Å². The summed E-state index contributed by atoms with van der Waals surface area (Å²) in [6.45, 7) is 10.8. The summed E-state index contributed by atoms with van der Waals surface area (Å²) in [5.74, 6) is -0.236. The van der Waals surface area contributed by atoms with Gasteiger partial charge in [0, 0.05) is 40.6 Å². The van der Waals surface area contributed by atoms with Crippen molar-refractivity contribution in [3.05, 3.63) is 70.9 Å². The highest BCUT2D eigenvalue weighted by molar-refractivity contribution is 6.14. The first-order chi connectivity index (χ1) is 16.7. The predicted molar refractivity (Wildman–Crippen MR) is 141 cm³/mol. The minimum absolute atomic E-state index is 0.141. The molecule has 5 nitrogen and oxygen atoms in total. The lowest BCUT2D eigenvalue weighted by molar-refractivity contribution is -0.124. The van der Waals surface area contributed by atoms with E-state index in [9.17, 15) is 9.59 Å². The fourth-order valence-electron chi connectivity index (χ4n) is 5.32. The van der Waals surface area contributed by atoms with Gasteiger partial charge in [-0.2, -0.15) is 0 Å². The van der Waals surface area contributed by atoms with Gasteiger partial charge in [0.05, 0.1) is 12.5 Å². The maximum absolute atomic E-state index is 13.8.